The van der Waals surface area contributed by atoms with Crippen molar-refractivity contribution in [2.45, 2.75) is 78.2 Å². The molecule has 5 nitrogen and oxygen atoms in total. The van der Waals surface area contributed by atoms with Gasteiger partial charge in [0.15, 0.2) is 11.4 Å². The van der Waals surface area contributed by atoms with Crippen molar-refractivity contribution in [3.63, 3.8) is 0 Å². The summed E-state index contributed by atoms with van der Waals surface area (Å²) in [7, 11) is 1.72. The zero-order valence-corrected chi connectivity index (χ0v) is 19.0. The van der Waals surface area contributed by atoms with E-state index in [1.165, 1.54) is 12.5 Å². The number of hydrogen-bond donors (Lipinski definition) is 1. The van der Waals surface area contributed by atoms with Gasteiger partial charge in [-0.05, 0) is 85.8 Å². The van der Waals surface area contributed by atoms with Gasteiger partial charge >= 0.3 is 5.97 Å². The molecule has 0 aromatic heterocycles. The van der Waals surface area contributed by atoms with Crippen LogP contribution in [-0.4, -0.2) is 36.2 Å². The second kappa shape index (κ2) is 7.22. The van der Waals surface area contributed by atoms with Crippen molar-refractivity contribution >= 4 is 11.8 Å². The quantitative estimate of drug-likeness (QED) is 0.690. The van der Waals surface area contributed by atoms with Gasteiger partial charge in [-0.3, -0.25) is 9.59 Å². The Labute approximate surface area is 179 Å². The number of rotatable bonds is 4. The molecule has 0 unspecified atom stereocenters. The molecule has 0 heterocycles. The van der Waals surface area contributed by atoms with Gasteiger partial charge in [-0.1, -0.05) is 13.8 Å². The molecule has 30 heavy (non-hydrogen) atoms. The van der Waals surface area contributed by atoms with E-state index in [1.807, 2.05) is 0 Å². The molecule has 4 aliphatic carbocycles. The number of ketones is 1. The Balaban J connectivity index is 1.77. The molecule has 1 N–H and O–H groups in total. The number of Topliss-reactive ketones (excluding diaryl/α,β-unsaturated/α-hetero) is 1. The van der Waals surface area contributed by atoms with Crippen LogP contribution in [0.25, 0.3) is 0 Å². The first-order valence-electron chi connectivity index (χ1n) is 11.4. The van der Waals surface area contributed by atoms with Gasteiger partial charge in [-0.2, -0.15) is 0 Å². The molecule has 2 saturated carbocycles. The molecular weight excluding hydrogens is 380 g/mol. The van der Waals surface area contributed by atoms with Crippen LogP contribution in [0.15, 0.2) is 23.0 Å². The summed E-state index contributed by atoms with van der Waals surface area (Å²) < 4.78 is 11.4. The normalized spacial score (nSPS) is 42.6. The lowest BCUT2D eigenvalue weighted by atomic mass is 9.46. The largest absolute Gasteiger partial charge is 0.501 e. The van der Waals surface area contributed by atoms with E-state index in [9.17, 15) is 14.7 Å². The van der Waals surface area contributed by atoms with Crippen LogP contribution in [-0.2, 0) is 19.1 Å². The molecule has 166 valence electrons. The van der Waals surface area contributed by atoms with Crippen molar-refractivity contribution in [2.75, 3.05) is 13.7 Å². The Kier molecular flexibility index (Phi) is 5.20. The van der Waals surface area contributed by atoms with Crippen molar-refractivity contribution < 1.29 is 24.2 Å². The summed E-state index contributed by atoms with van der Waals surface area (Å²) in [5, 5.41) is 10.3. The number of methoxy groups -OCH3 is 1. The Morgan fingerprint density at radius 2 is 1.83 bits per heavy atom. The van der Waals surface area contributed by atoms with Crippen LogP contribution in [0.3, 0.4) is 0 Å². The van der Waals surface area contributed by atoms with Crippen LogP contribution >= 0.6 is 0 Å². The third kappa shape index (κ3) is 2.77. The van der Waals surface area contributed by atoms with Crippen molar-refractivity contribution in [1.29, 1.82) is 0 Å². The smallest absolute Gasteiger partial charge is 0.303 e. The highest BCUT2D eigenvalue weighted by molar-refractivity contribution is 5.89. The van der Waals surface area contributed by atoms with Gasteiger partial charge in [0, 0.05) is 18.8 Å². The van der Waals surface area contributed by atoms with E-state index in [1.54, 1.807) is 14.0 Å². The number of aliphatic hydroxyl groups excluding tert-OH is 1. The third-order valence-electron chi connectivity index (χ3n) is 9.39. The summed E-state index contributed by atoms with van der Waals surface area (Å²) >= 11 is 0. The molecule has 0 radical (unpaired) electrons. The number of hydrogen-bond acceptors (Lipinski definition) is 5. The van der Waals surface area contributed by atoms with Crippen LogP contribution in [0, 0.1) is 28.6 Å². The predicted octanol–water partition coefficient (Wildman–Crippen LogP) is 4.34. The minimum atomic E-state index is -1.01. The highest BCUT2D eigenvalue weighted by Crippen LogP contribution is 2.68. The van der Waals surface area contributed by atoms with Crippen LogP contribution in [0.5, 0.6) is 0 Å². The van der Waals surface area contributed by atoms with Crippen molar-refractivity contribution in [3.8, 4) is 0 Å². The van der Waals surface area contributed by atoms with Crippen molar-refractivity contribution in [3.05, 3.63) is 23.0 Å². The molecule has 0 aliphatic heterocycles. The third-order valence-corrected chi connectivity index (χ3v) is 9.39. The average molecular weight is 417 g/mol. The standard InChI is InChI=1S/C25H36O5/c1-15(27)25(30-16(2)28)11-8-21-19-12-17(14-26)22-13-18(29-5)6-9-23(22,3)20(19)7-10-24(21,25)4/h13,19-21,26H,6-12,14H2,1-5H3/t19-,20+,21+,23+,24-,25+/m1/s1. The molecule has 0 spiro atoms. The summed E-state index contributed by atoms with van der Waals surface area (Å²) in [6.45, 7) is 7.59. The van der Waals surface area contributed by atoms with Gasteiger partial charge in [-0.25, -0.2) is 0 Å². The lowest BCUT2D eigenvalue weighted by molar-refractivity contribution is -0.186. The molecule has 0 bridgehead atoms. The molecule has 6 atom stereocenters. The molecule has 0 aromatic carbocycles. The first-order valence-corrected chi connectivity index (χ1v) is 11.4. The number of carbonyl (C=O) groups excluding carboxylic acids is 2. The molecule has 0 amide bonds. The molecule has 4 rings (SSSR count). The van der Waals surface area contributed by atoms with E-state index in [0.717, 1.165) is 49.9 Å². The van der Waals surface area contributed by atoms with Crippen LogP contribution < -0.4 is 0 Å². The molecular formula is C25H36O5. The van der Waals surface area contributed by atoms with E-state index >= 15 is 0 Å². The van der Waals surface area contributed by atoms with Gasteiger partial charge in [0.25, 0.3) is 0 Å². The number of aliphatic hydroxyl groups is 1. The molecule has 5 heteroatoms. The molecule has 0 aromatic rings. The van der Waals surface area contributed by atoms with Crippen LogP contribution in [0.4, 0.5) is 0 Å². The molecule has 2 fully saturated rings. The van der Waals surface area contributed by atoms with Gasteiger partial charge in [0.1, 0.15) is 0 Å². The summed E-state index contributed by atoms with van der Waals surface area (Å²) in [5.41, 5.74) is 1.06. The summed E-state index contributed by atoms with van der Waals surface area (Å²) in [6, 6.07) is 0. The first kappa shape index (κ1) is 21.6. The van der Waals surface area contributed by atoms with E-state index in [-0.39, 0.29) is 29.2 Å². The van der Waals surface area contributed by atoms with Crippen LogP contribution in [0.2, 0.25) is 0 Å². The van der Waals surface area contributed by atoms with Crippen LogP contribution in [0.1, 0.15) is 72.6 Å². The fraction of sp³-hybridized carbons (Fsp3) is 0.760. The topological polar surface area (TPSA) is 72.8 Å². The maximum atomic E-state index is 12.9. The average Bonchev–Trinajstić information content (AvgIpc) is 3.00. The summed E-state index contributed by atoms with van der Waals surface area (Å²) in [6.07, 6.45) is 8.39. The number of esters is 1. The van der Waals surface area contributed by atoms with Crippen molar-refractivity contribution in [2.24, 2.45) is 28.6 Å². The maximum absolute atomic E-state index is 12.9. The zero-order chi connectivity index (χ0) is 21.9. The van der Waals surface area contributed by atoms with Gasteiger partial charge < -0.3 is 14.6 Å². The Morgan fingerprint density at radius 3 is 2.43 bits per heavy atom. The highest BCUT2D eigenvalue weighted by atomic mass is 16.6. The minimum absolute atomic E-state index is 0.0211. The Bertz CT molecular complexity index is 825. The highest BCUT2D eigenvalue weighted by Gasteiger charge is 2.67. The summed E-state index contributed by atoms with van der Waals surface area (Å²) in [4.78, 5) is 24.8. The maximum Gasteiger partial charge on any atom is 0.303 e. The Morgan fingerprint density at radius 1 is 1.13 bits per heavy atom. The van der Waals surface area contributed by atoms with Crippen molar-refractivity contribution in [1.82, 2.24) is 0 Å². The number of allylic oxidation sites excluding steroid dienone is 3. The van der Waals surface area contributed by atoms with Gasteiger partial charge in [0.05, 0.1) is 19.5 Å². The minimum Gasteiger partial charge on any atom is -0.501 e. The fourth-order valence-corrected chi connectivity index (χ4v) is 7.94. The fourth-order valence-electron chi connectivity index (χ4n) is 7.94. The number of ether oxygens (including phenoxy) is 2. The molecule has 0 saturated heterocycles. The first-order chi connectivity index (χ1) is 14.1. The lowest BCUT2D eigenvalue weighted by Gasteiger charge is -2.59. The molecule has 4 aliphatic rings. The zero-order valence-electron chi connectivity index (χ0n) is 19.0. The predicted molar refractivity (Wildman–Crippen MR) is 113 cm³/mol. The monoisotopic (exact) mass is 416 g/mol. The van der Waals surface area contributed by atoms with Gasteiger partial charge in [0.2, 0.25) is 0 Å². The van der Waals surface area contributed by atoms with E-state index in [4.69, 9.17) is 9.47 Å². The number of fused-ring (bicyclic) bond motifs is 5. The van der Waals surface area contributed by atoms with E-state index in [0.29, 0.717) is 24.2 Å². The Hall–Kier alpha value is -1.62. The van der Waals surface area contributed by atoms with E-state index in [2.05, 4.69) is 19.9 Å². The van der Waals surface area contributed by atoms with Gasteiger partial charge in [-0.15, -0.1) is 0 Å². The second-order valence-corrected chi connectivity index (χ2v) is 10.5. The van der Waals surface area contributed by atoms with E-state index < -0.39 is 5.60 Å². The second-order valence-electron chi connectivity index (χ2n) is 10.5. The SMILES string of the molecule is COC1=CC2=C(CO)C[C@@H]3[C@H](CC[C@]4(C)[C@H]3CC[C@]4(OC(C)=O)C(C)=O)[C@]2(C)CC1. The lowest BCUT2D eigenvalue weighted by Crippen LogP contribution is -2.58. The summed E-state index contributed by atoms with van der Waals surface area (Å²) in [5.74, 6) is 1.83. The number of carbonyl (C=O) groups is 2.